The third kappa shape index (κ3) is 3.77. The molecule has 122 valence electrons. The average Bonchev–Trinajstić information content (AvgIpc) is 2.49. The van der Waals surface area contributed by atoms with Crippen molar-refractivity contribution in [3.63, 3.8) is 0 Å². The van der Waals surface area contributed by atoms with Gasteiger partial charge in [0.25, 0.3) is 5.56 Å². The first-order valence-corrected chi connectivity index (χ1v) is 6.37. The molecule has 0 aliphatic heterocycles. The third-order valence-electron chi connectivity index (χ3n) is 3.12. The molecule has 0 spiro atoms. The molecule has 0 atom stereocenters. The van der Waals surface area contributed by atoms with E-state index in [-0.39, 0.29) is 11.1 Å². The van der Waals surface area contributed by atoms with Gasteiger partial charge in [0.15, 0.2) is 0 Å². The van der Waals surface area contributed by atoms with Crippen molar-refractivity contribution >= 4 is 5.97 Å². The van der Waals surface area contributed by atoms with E-state index in [1.165, 1.54) is 6.07 Å². The van der Waals surface area contributed by atoms with E-state index in [9.17, 15) is 27.2 Å². The number of pyridine rings is 1. The Morgan fingerprint density at radius 2 is 1.91 bits per heavy atom. The van der Waals surface area contributed by atoms with Crippen LogP contribution in [0.3, 0.4) is 0 Å². The fourth-order valence-electron chi connectivity index (χ4n) is 1.95. The van der Waals surface area contributed by atoms with Gasteiger partial charge in [0.1, 0.15) is 5.82 Å². The standard InChI is InChI=1S/C15H11F4NO3/c1-23-14(22)9-2-4-12(16)10(6-9)7-20-8-11(15(17,18)19)3-5-13(20)21/h2-6,8H,7H2,1H3. The number of benzene rings is 1. The highest BCUT2D eigenvalue weighted by Crippen LogP contribution is 2.28. The maximum absolute atomic E-state index is 13.8. The Bertz CT molecular complexity index is 796. The van der Waals surface area contributed by atoms with E-state index in [0.29, 0.717) is 12.3 Å². The molecule has 0 saturated heterocycles. The SMILES string of the molecule is COC(=O)c1ccc(F)c(Cn2cc(C(F)(F)F)ccc2=O)c1. The van der Waals surface area contributed by atoms with Gasteiger partial charge in [0, 0.05) is 17.8 Å². The normalized spacial score (nSPS) is 11.3. The van der Waals surface area contributed by atoms with Crippen molar-refractivity contribution in [2.24, 2.45) is 0 Å². The molecule has 2 rings (SSSR count). The van der Waals surface area contributed by atoms with Crippen LogP contribution in [-0.4, -0.2) is 17.6 Å². The second-order valence-corrected chi connectivity index (χ2v) is 4.68. The lowest BCUT2D eigenvalue weighted by atomic mass is 10.1. The summed E-state index contributed by atoms with van der Waals surface area (Å²) in [5, 5.41) is 0. The van der Waals surface area contributed by atoms with Crippen LogP contribution in [0.1, 0.15) is 21.5 Å². The zero-order chi connectivity index (χ0) is 17.2. The summed E-state index contributed by atoms with van der Waals surface area (Å²) < 4.78 is 57.1. The van der Waals surface area contributed by atoms with Crippen LogP contribution >= 0.6 is 0 Å². The molecule has 0 amide bonds. The molecule has 0 aliphatic carbocycles. The molecule has 4 nitrogen and oxygen atoms in total. The zero-order valence-corrected chi connectivity index (χ0v) is 11.9. The first kappa shape index (κ1) is 16.7. The topological polar surface area (TPSA) is 48.3 Å². The maximum Gasteiger partial charge on any atom is 0.417 e. The molecule has 2 aromatic rings. The summed E-state index contributed by atoms with van der Waals surface area (Å²) in [5.41, 5.74) is -1.82. The van der Waals surface area contributed by atoms with Crippen LogP contribution in [0, 0.1) is 5.82 Å². The van der Waals surface area contributed by atoms with Crippen molar-refractivity contribution in [2.75, 3.05) is 7.11 Å². The number of halogens is 4. The van der Waals surface area contributed by atoms with Crippen LogP contribution < -0.4 is 5.56 Å². The number of esters is 1. The predicted molar refractivity (Wildman–Crippen MR) is 72.5 cm³/mol. The zero-order valence-electron chi connectivity index (χ0n) is 11.9. The van der Waals surface area contributed by atoms with E-state index in [4.69, 9.17) is 0 Å². The summed E-state index contributed by atoms with van der Waals surface area (Å²) in [7, 11) is 1.14. The van der Waals surface area contributed by atoms with Crippen molar-refractivity contribution in [2.45, 2.75) is 12.7 Å². The Hall–Kier alpha value is -2.64. The minimum atomic E-state index is -4.62. The maximum atomic E-state index is 13.8. The van der Waals surface area contributed by atoms with Gasteiger partial charge >= 0.3 is 12.1 Å². The minimum Gasteiger partial charge on any atom is -0.465 e. The van der Waals surface area contributed by atoms with E-state index >= 15 is 0 Å². The van der Waals surface area contributed by atoms with Crippen LogP contribution in [0.5, 0.6) is 0 Å². The van der Waals surface area contributed by atoms with Gasteiger partial charge in [-0.2, -0.15) is 13.2 Å². The van der Waals surface area contributed by atoms with Gasteiger partial charge in [0.2, 0.25) is 0 Å². The molecule has 0 N–H and O–H groups in total. The minimum absolute atomic E-state index is 0.0314. The van der Waals surface area contributed by atoms with E-state index in [0.717, 1.165) is 29.9 Å². The van der Waals surface area contributed by atoms with Gasteiger partial charge < -0.3 is 9.30 Å². The Kier molecular flexibility index (Phi) is 4.53. The van der Waals surface area contributed by atoms with Crippen molar-refractivity contribution in [1.82, 2.24) is 4.57 Å². The predicted octanol–water partition coefficient (Wildman–Crippen LogP) is 2.84. The Morgan fingerprint density at radius 1 is 1.22 bits per heavy atom. The molecule has 23 heavy (non-hydrogen) atoms. The second kappa shape index (κ2) is 6.23. The molecule has 1 aromatic carbocycles. The summed E-state index contributed by atoms with van der Waals surface area (Å²) in [6, 6.07) is 4.71. The number of ether oxygens (including phenoxy) is 1. The molecule has 0 unspecified atom stereocenters. The molecule has 8 heteroatoms. The van der Waals surface area contributed by atoms with Crippen LogP contribution in [0.15, 0.2) is 41.3 Å². The van der Waals surface area contributed by atoms with Crippen LogP contribution in [0.2, 0.25) is 0 Å². The number of carbonyl (C=O) groups excluding carboxylic acids is 1. The van der Waals surface area contributed by atoms with Crippen LogP contribution in [0.4, 0.5) is 17.6 Å². The summed E-state index contributed by atoms with van der Waals surface area (Å²) in [4.78, 5) is 23.1. The third-order valence-corrected chi connectivity index (χ3v) is 3.12. The molecular formula is C15H11F4NO3. The monoisotopic (exact) mass is 329 g/mol. The van der Waals surface area contributed by atoms with Crippen molar-refractivity contribution in [3.05, 3.63) is 69.4 Å². The Labute approximate surface area is 127 Å². The Morgan fingerprint density at radius 3 is 2.52 bits per heavy atom. The first-order chi connectivity index (χ1) is 10.7. The Balaban J connectivity index is 2.43. The van der Waals surface area contributed by atoms with Gasteiger partial charge in [-0.05, 0) is 24.3 Å². The number of methoxy groups -OCH3 is 1. The fourth-order valence-corrected chi connectivity index (χ4v) is 1.95. The number of rotatable bonds is 3. The molecule has 0 radical (unpaired) electrons. The van der Waals surface area contributed by atoms with E-state index in [1.54, 1.807) is 0 Å². The largest absolute Gasteiger partial charge is 0.465 e. The summed E-state index contributed by atoms with van der Waals surface area (Å²) in [6.45, 7) is -0.445. The van der Waals surface area contributed by atoms with Gasteiger partial charge in [-0.25, -0.2) is 9.18 Å². The lowest BCUT2D eigenvalue weighted by Crippen LogP contribution is -2.22. The number of carbonyl (C=O) groups is 1. The number of hydrogen-bond acceptors (Lipinski definition) is 3. The van der Waals surface area contributed by atoms with E-state index in [1.807, 2.05) is 0 Å². The number of nitrogens with zero attached hydrogens (tertiary/aromatic N) is 1. The van der Waals surface area contributed by atoms with Crippen LogP contribution in [0.25, 0.3) is 0 Å². The highest BCUT2D eigenvalue weighted by Gasteiger charge is 2.31. The number of aromatic nitrogens is 1. The molecule has 0 fully saturated rings. The van der Waals surface area contributed by atoms with E-state index in [2.05, 4.69) is 4.74 Å². The van der Waals surface area contributed by atoms with Gasteiger partial charge in [-0.15, -0.1) is 0 Å². The van der Waals surface area contributed by atoms with E-state index < -0.39 is 35.6 Å². The fraction of sp³-hybridized carbons (Fsp3) is 0.200. The molecule has 0 aliphatic rings. The first-order valence-electron chi connectivity index (χ1n) is 6.37. The van der Waals surface area contributed by atoms with Crippen molar-refractivity contribution in [1.29, 1.82) is 0 Å². The average molecular weight is 329 g/mol. The second-order valence-electron chi connectivity index (χ2n) is 4.68. The lowest BCUT2D eigenvalue weighted by Gasteiger charge is -2.12. The molecule has 1 aromatic heterocycles. The molecular weight excluding hydrogens is 318 g/mol. The molecule has 0 saturated carbocycles. The number of alkyl halides is 3. The van der Waals surface area contributed by atoms with Crippen molar-refractivity contribution in [3.8, 4) is 0 Å². The summed E-state index contributed by atoms with van der Waals surface area (Å²) in [5.74, 6) is -1.47. The number of hydrogen-bond donors (Lipinski definition) is 0. The quantitative estimate of drug-likeness (QED) is 0.643. The highest BCUT2D eigenvalue weighted by atomic mass is 19.4. The highest BCUT2D eigenvalue weighted by molar-refractivity contribution is 5.89. The van der Waals surface area contributed by atoms with Crippen molar-refractivity contribution < 1.29 is 27.1 Å². The summed E-state index contributed by atoms with van der Waals surface area (Å²) in [6.07, 6.45) is -4.02. The van der Waals surface area contributed by atoms with Gasteiger partial charge in [-0.1, -0.05) is 0 Å². The molecule has 0 bridgehead atoms. The lowest BCUT2D eigenvalue weighted by molar-refractivity contribution is -0.138. The van der Waals surface area contributed by atoms with Crippen LogP contribution in [-0.2, 0) is 17.5 Å². The van der Waals surface area contributed by atoms with Gasteiger partial charge in [0.05, 0.1) is 24.8 Å². The summed E-state index contributed by atoms with van der Waals surface area (Å²) >= 11 is 0. The smallest absolute Gasteiger partial charge is 0.417 e. The molecule has 1 heterocycles. The van der Waals surface area contributed by atoms with Gasteiger partial charge in [-0.3, -0.25) is 4.79 Å².